The molecule has 0 aliphatic carbocycles. The number of ether oxygens (including phenoxy) is 2. The Balaban J connectivity index is 2.11. The first-order chi connectivity index (χ1) is 13.0. The molecule has 0 fully saturated rings. The summed E-state index contributed by atoms with van der Waals surface area (Å²) in [5, 5.41) is 15.2. The lowest BCUT2D eigenvalue weighted by molar-refractivity contribution is -0.117. The van der Waals surface area contributed by atoms with Crippen molar-refractivity contribution in [1.29, 1.82) is 5.26 Å². The van der Waals surface area contributed by atoms with Gasteiger partial charge < -0.3 is 20.1 Å². The number of aryl methyl sites for hydroxylation is 1. The Morgan fingerprint density at radius 1 is 1.15 bits per heavy atom. The molecule has 2 N–H and O–H groups in total. The number of methoxy groups -OCH3 is 2. The lowest BCUT2D eigenvalue weighted by Gasteiger charge is -2.16. The predicted molar refractivity (Wildman–Crippen MR) is 105 cm³/mol. The molecule has 2 aromatic carbocycles. The Bertz CT molecular complexity index is 884. The quantitative estimate of drug-likeness (QED) is 0.577. The standard InChI is InChI=1S/C21H23N3O3/c1-14-7-5-6-8-18(14)23-13-17(12-22)21(25)24-15(2)16-9-10-19(26-3)20(11-16)27-4/h5-11,13,15,23H,1-4H3,(H,24,25)/b17-13-. The highest BCUT2D eigenvalue weighted by atomic mass is 16.5. The summed E-state index contributed by atoms with van der Waals surface area (Å²) in [4.78, 5) is 12.4. The van der Waals surface area contributed by atoms with Crippen LogP contribution in [0.15, 0.2) is 54.2 Å². The van der Waals surface area contributed by atoms with Gasteiger partial charge in [-0.1, -0.05) is 24.3 Å². The summed E-state index contributed by atoms with van der Waals surface area (Å²) in [7, 11) is 3.12. The van der Waals surface area contributed by atoms with E-state index in [9.17, 15) is 10.1 Å². The maximum Gasteiger partial charge on any atom is 0.263 e. The Kier molecular flexibility index (Phi) is 6.84. The van der Waals surface area contributed by atoms with Gasteiger partial charge in [0.2, 0.25) is 0 Å². The summed E-state index contributed by atoms with van der Waals surface area (Å²) < 4.78 is 10.5. The van der Waals surface area contributed by atoms with Crippen molar-refractivity contribution in [2.24, 2.45) is 0 Å². The van der Waals surface area contributed by atoms with E-state index >= 15 is 0 Å². The highest BCUT2D eigenvalue weighted by Gasteiger charge is 2.15. The number of nitrogens with one attached hydrogen (secondary N) is 2. The van der Waals surface area contributed by atoms with Crippen LogP contribution in [0.4, 0.5) is 5.69 Å². The highest BCUT2D eigenvalue weighted by Crippen LogP contribution is 2.29. The molecule has 0 bridgehead atoms. The van der Waals surface area contributed by atoms with Crippen molar-refractivity contribution in [3.63, 3.8) is 0 Å². The zero-order chi connectivity index (χ0) is 19.8. The van der Waals surface area contributed by atoms with Gasteiger partial charge in [0.25, 0.3) is 5.91 Å². The number of rotatable bonds is 7. The Hall–Kier alpha value is -3.46. The SMILES string of the molecule is COc1ccc(C(C)NC(=O)/C(C#N)=C\Nc2ccccc2C)cc1OC. The molecule has 6 nitrogen and oxygen atoms in total. The second-order valence-corrected chi connectivity index (χ2v) is 5.94. The van der Waals surface area contributed by atoms with Crippen LogP contribution in [-0.2, 0) is 4.79 Å². The number of benzene rings is 2. The second kappa shape index (κ2) is 9.30. The second-order valence-electron chi connectivity index (χ2n) is 5.94. The lowest BCUT2D eigenvalue weighted by atomic mass is 10.1. The molecule has 2 rings (SSSR count). The van der Waals surface area contributed by atoms with E-state index in [1.54, 1.807) is 26.4 Å². The topological polar surface area (TPSA) is 83.4 Å². The van der Waals surface area contributed by atoms with Gasteiger partial charge in [0.1, 0.15) is 11.6 Å². The van der Waals surface area contributed by atoms with E-state index in [0.29, 0.717) is 11.5 Å². The molecule has 1 amide bonds. The van der Waals surface area contributed by atoms with Crippen LogP contribution in [0.25, 0.3) is 0 Å². The fraction of sp³-hybridized carbons (Fsp3) is 0.238. The molecule has 0 aromatic heterocycles. The third-order valence-electron chi connectivity index (χ3n) is 4.14. The van der Waals surface area contributed by atoms with Crippen molar-refractivity contribution in [1.82, 2.24) is 5.32 Å². The minimum atomic E-state index is -0.458. The minimum Gasteiger partial charge on any atom is -0.493 e. The van der Waals surface area contributed by atoms with Crippen molar-refractivity contribution in [3.8, 4) is 17.6 Å². The van der Waals surface area contributed by atoms with Crippen LogP contribution in [0.2, 0.25) is 0 Å². The zero-order valence-corrected chi connectivity index (χ0v) is 15.9. The molecule has 0 aliphatic heterocycles. The molecule has 6 heteroatoms. The van der Waals surface area contributed by atoms with Gasteiger partial charge >= 0.3 is 0 Å². The number of carbonyl (C=O) groups is 1. The van der Waals surface area contributed by atoms with Crippen LogP contribution in [0, 0.1) is 18.3 Å². The Morgan fingerprint density at radius 3 is 2.48 bits per heavy atom. The minimum absolute atomic E-state index is 0.00872. The summed E-state index contributed by atoms with van der Waals surface area (Å²) in [6.45, 7) is 3.78. The monoisotopic (exact) mass is 365 g/mol. The van der Waals surface area contributed by atoms with E-state index in [1.807, 2.05) is 50.2 Å². The predicted octanol–water partition coefficient (Wildman–Crippen LogP) is 3.71. The smallest absolute Gasteiger partial charge is 0.263 e. The summed E-state index contributed by atoms with van der Waals surface area (Å²) in [5.41, 5.74) is 2.69. The third-order valence-corrected chi connectivity index (χ3v) is 4.14. The number of nitrogens with zero attached hydrogens (tertiary/aromatic N) is 1. The summed E-state index contributed by atoms with van der Waals surface area (Å²) in [6.07, 6.45) is 1.42. The van der Waals surface area contributed by atoms with Crippen molar-refractivity contribution >= 4 is 11.6 Å². The van der Waals surface area contributed by atoms with Gasteiger partial charge in [-0.05, 0) is 43.2 Å². The number of para-hydroxylation sites is 1. The van der Waals surface area contributed by atoms with E-state index in [-0.39, 0.29) is 11.6 Å². The number of hydrogen-bond acceptors (Lipinski definition) is 5. The molecule has 0 saturated heterocycles. The molecular weight excluding hydrogens is 342 g/mol. The lowest BCUT2D eigenvalue weighted by Crippen LogP contribution is -2.28. The van der Waals surface area contributed by atoms with E-state index in [2.05, 4.69) is 10.6 Å². The molecule has 0 aliphatic rings. The molecule has 0 saturated carbocycles. The maximum absolute atomic E-state index is 12.4. The normalized spacial score (nSPS) is 11.9. The molecule has 0 radical (unpaired) electrons. The molecule has 0 heterocycles. The van der Waals surface area contributed by atoms with Gasteiger partial charge in [0.15, 0.2) is 11.5 Å². The molecule has 1 unspecified atom stereocenters. The fourth-order valence-corrected chi connectivity index (χ4v) is 2.51. The van der Waals surface area contributed by atoms with Gasteiger partial charge in [-0.3, -0.25) is 4.79 Å². The van der Waals surface area contributed by atoms with Gasteiger partial charge in [0.05, 0.1) is 20.3 Å². The molecule has 0 spiro atoms. The first-order valence-electron chi connectivity index (χ1n) is 8.45. The first-order valence-corrected chi connectivity index (χ1v) is 8.45. The van der Waals surface area contributed by atoms with Crippen molar-refractivity contribution in [3.05, 3.63) is 65.4 Å². The molecule has 27 heavy (non-hydrogen) atoms. The number of anilines is 1. The number of nitriles is 1. The Labute approximate surface area is 159 Å². The largest absolute Gasteiger partial charge is 0.493 e. The van der Waals surface area contributed by atoms with E-state index in [4.69, 9.17) is 9.47 Å². The summed E-state index contributed by atoms with van der Waals surface area (Å²) >= 11 is 0. The van der Waals surface area contributed by atoms with Crippen LogP contribution in [0.1, 0.15) is 24.1 Å². The van der Waals surface area contributed by atoms with Crippen LogP contribution in [0.5, 0.6) is 11.5 Å². The van der Waals surface area contributed by atoms with Gasteiger partial charge in [-0.15, -0.1) is 0 Å². The number of amides is 1. The number of carbonyl (C=O) groups excluding carboxylic acids is 1. The molecule has 2 aromatic rings. The van der Waals surface area contributed by atoms with Crippen molar-refractivity contribution in [2.75, 3.05) is 19.5 Å². The zero-order valence-electron chi connectivity index (χ0n) is 15.9. The first kappa shape index (κ1) is 19.9. The van der Waals surface area contributed by atoms with E-state index < -0.39 is 5.91 Å². The molecule has 140 valence electrons. The average Bonchev–Trinajstić information content (AvgIpc) is 2.69. The third kappa shape index (κ3) is 5.02. The van der Waals surface area contributed by atoms with Crippen LogP contribution in [-0.4, -0.2) is 20.1 Å². The van der Waals surface area contributed by atoms with Crippen LogP contribution < -0.4 is 20.1 Å². The summed E-state index contributed by atoms with van der Waals surface area (Å²) in [6, 6.07) is 14.7. The van der Waals surface area contributed by atoms with E-state index in [1.165, 1.54) is 6.20 Å². The fourth-order valence-electron chi connectivity index (χ4n) is 2.51. The van der Waals surface area contributed by atoms with Crippen LogP contribution >= 0.6 is 0 Å². The van der Waals surface area contributed by atoms with Gasteiger partial charge in [-0.2, -0.15) is 5.26 Å². The Morgan fingerprint density at radius 2 is 1.85 bits per heavy atom. The summed E-state index contributed by atoms with van der Waals surface area (Å²) in [5.74, 6) is 0.731. The molecular formula is C21H23N3O3. The average molecular weight is 365 g/mol. The van der Waals surface area contributed by atoms with Crippen LogP contribution in [0.3, 0.4) is 0 Å². The van der Waals surface area contributed by atoms with Crippen molar-refractivity contribution < 1.29 is 14.3 Å². The maximum atomic E-state index is 12.4. The van der Waals surface area contributed by atoms with E-state index in [0.717, 1.165) is 16.8 Å². The van der Waals surface area contributed by atoms with Crippen molar-refractivity contribution in [2.45, 2.75) is 19.9 Å². The van der Waals surface area contributed by atoms with Gasteiger partial charge in [-0.25, -0.2) is 0 Å². The van der Waals surface area contributed by atoms with Gasteiger partial charge in [0, 0.05) is 11.9 Å². The highest BCUT2D eigenvalue weighted by molar-refractivity contribution is 5.97. The molecule has 1 atom stereocenters. The number of hydrogen-bond donors (Lipinski definition) is 2.